The van der Waals surface area contributed by atoms with Gasteiger partial charge in [0.25, 0.3) is 0 Å². The topological polar surface area (TPSA) is 71.4 Å². The van der Waals surface area contributed by atoms with Gasteiger partial charge in [0.1, 0.15) is 0 Å². The van der Waals surface area contributed by atoms with Crippen molar-refractivity contribution in [2.24, 2.45) is 0 Å². The smallest absolute Gasteiger partial charge is 0.440 e. The molecule has 0 heterocycles. The van der Waals surface area contributed by atoms with E-state index in [9.17, 15) is 22.0 Å². The lowest BCUT2D eigenvalue weighted by atomic mass is 10.3. The van der Waals surface area contributed by atoms with E-state index in [0.29, 0.717) is 0 Å². The molecule has 0 aromatic heterocycles. The number of sulfone groups is 1. The summed E-state index contributed by atoms with van der Waals surface area (Å²) in [6.07, 6.45) is 0. The van der Waals surface area contributed by atoms with Crippen LogP contribution < -0.4 is 0 Å². The second-order valence-electron chi connectivity index (χ2n) is 3.44. The van der Waals surface area contributed by atoms with E-state index in [1.807, 2.05) is 0 Å². The second kappa shape index (κ2) is 2.90. The number of alkyl halides is 2. The Labute approximate surface area is 74.5 Å². The first kappa shape index (κ1) is 12.3. The molecule has 0 fully saturated rings. The molecule has 0 unspecified atom stereocenters. The number of hydrogen-bond donors (Lipinski definition) is 1. The Kier molecular flexibility index (Phi) is 2.74. The molecule has 0 aromatic rings. The van der Waals surface area contributed by atoms with Crippen LogP contribution in [-0.4, -0.2) is 29.5 Å². The minimum Gasteiger partial charge on any atom is -0.476 e. The van der Waals surface area contributed by atoms with Crippen LogP contribution in [0.5, 0.6) is 0 Å². The number of hydrogen-bond acceptors (Lipinski definition) is 3. The Hall–Kier alpha value is -0.720. The van der Waals surface area contributed by atoms with Crippen molar-refractivity contribution in [3.05, 3.63) is 0 Å². The first-order valence-corrected chi connectivity index (χ1v) is 4.78. The Balaban J connectivity index is 5.45. The Morgan fingerprint density at radius 1 is 1.23 bits per heavy atom. The molecular weight excluding hydrogens is 206 g/mol. The average molecular weight is 216 g/mol. The molecule has 0 amide bonds. The van der Waals surface area contributed by atoms with E-state index in [0.717, 1.165) is 20.8 Å². The number of rotatable bonds is 2. The molecule has 0 radical (unpaired) electrons. The summed E-state index contributed by atoms with van der Waals surface area (Å²) in [4.78, 5) is 9.99. The van der Waals surface area contributed by atoms with Crippen molar-refractivity contribution in [2.45, 2.75) is 30.8 Å². The van der Waals surface area contributed by atoms with E-state index >= 15 is 0 Å². The second-order valence-corrected chi connectivity index (χ2v) is 6.18. The van der Waals surface area contributed by atoms with Gasteiger partial charge in [-0.1, -0.05) is 0 Å². The fourth-order valence-corrected chi connectivity index (χ4v) is 1.50. The van der Waals surface area contributed by atoms with Crippen molar-refractivity contribution in [1.29, 1.82) is 0 Å². The number of carboxylic acids is 1. The maximum absolute atomic E-state index is 12.6. The van der Waals surface area contributed by atoms with Gasteiger partial charge in [-0.25, -0.2) is 13.2 Å². The molecule has 0 spiro atoms. The summed E-state index contributed by atoms with van der Waals surface area (Å²) in [5.41, 5.74) is 0. The van der Waals surface area contributed by atoms with Gasteiger partial charge in [0.05, 0.1) is 4.75 Å². The highest BCUT2D eigenvalue weighted by Gasteiger charge is 2.58. The molecule has 13 heavy (non-hydrogen) atoms. The predicted octanol–water partition coefficient (Wildman–Crippen LogP) is 0.877. The maximum Gasteiger partial charge on any atom is 0.440 e. The van der Waals surface area contributed by atoms with E-state index in [-0.39, 0.29) is 0 Å². The van der Waals surface area contributed by atoms with Crippen molar-refractivity contribution in [3.8, 4) is 0 Å². The normalized spacial score (nSPS) is 14.2. The van der Waals surface area contributed by atoms with E-state index in [4.69, 9.17) is 5.11 Å². The highest BCUT2D eigenvalue weighted by molar-refractivity contribution is 7.94. The molecule has 0 bridgehead atoms. The van der Waals surface area contributed by atoms with Crippen molar-refractivity contribution in [3.63, 3.8) is 0 Å². The lowest BCUT2D eigenvalue weighted by Gasteiger charge is -2.23. The molecular formula is C6H10F2O4S. The molecule has 4 nitrogen and oxygen atoms in total. The van der Waals surface area contributed by atoms with E-state index in [2.05, 4.69) is 0 Å². The van der Waals surface area contributed by atoms with Crippen LogP contribution in [0.15, 0.2) is 0 Å². The molecule has 0 atom stereocenters. The van der Waals surface area contributed by atoms with Gasteiger partial charge >= 0.3 is 11.2 Å². The summed E-state index contributed by atoms with van der Waals surface area (Å²) >= 11 is 0. The van der Waals surface area contributed by atoms with Crippen LogP contribution >= 0.6 is 0 Å². The predicted molar refractivity (Wildman–Crippen MR) is 41.3 cm³/mol. The van der Waals surface area contributed by atoms with Crippen LogP contribution in [0.3, 0.4) is 0 Å². The summed E-state index contributed by atoms with van der Waals surface area (Å²) in [5.74, 6) is -2.65. The van der Waals surface area contributed by atoms with Crippen molar-refractivity contribution >= 4 is 15.8 Å². The summed E-state index contributed by atoms with van der Waals surface area (Å²) in [6, 6.07) is 0. The number of carbonyl (C=O) groups is 1. The summed E-state index contributed by atoms with van der Waals surface area (Å²) in [7, 11) is -5.01. The SMILES string of the molecule is CC(C)(C)S(=O)(=O)C(F)(F)C(=O)O. The molecule has 0 aliphatic carbocycles. The maximum atomic E-state index is 12.6. The van der Waals surface area contributed by atoms with Gasteiger partial charge in [0.15, 0.2) is 0 Å². The van der Waals surface area contributed by atoms with E-state index in [1.165, 1.54) is 0 Å². The highest BCUT2D eigenvalue weighted by Crippen LogP contribution is 2.32. The monoisotopic (exact) mass is 216 g/mol. The van der Waals surface area contributed by atoms with Gasteiger partial charge < -0.3 is 5.11 Å². The number of carboxylic acid groups (broad SMARTS) is 1. The zero-order chi connectivity index (χ0) is 11.1. The molecule has 1 N–H and O–H groups in total. The zero-order valence-corrected chi connectivity index (χ0v) is 8.15. The van der Waals surface area contributed by atoms with Crippen LogP contribution in [0, 0.1) is 0 Å². The first-order valence-electron chi connectivity index (χ1n) is 3.30. The number of aliphatic carboxylic acids is 1. The first-order chi connectivity index (χ1) is 5.44. The van der Waals surface area contributed by atoms with Crippen molar-refractivity contribution in [1.82, 2.24) is 0 Å². The minimum absolute atomic E-state index is 1.01. The lowest BCUT2D eigenvalue weighted by molar-refractivity contribution is -0.153. The van der Waals surface area contributed by atoms with Crippen LogP contribution in [0.4, 0.5) is 8.78 Å². The zero-order valence-electron chi connectivity index (χ0n) is 7.34. The summed E-state index contributed by atoms with van der Waals surface area (Å²) < 4.78 is 45.4. The molecule has 0 aliphatic rings. The van der Waals surface area contributed by atoms with Gasteiger partial charge in [-0.3, -0.25) is 0 Å². The minimum atomic E-state index is -5.01. The van der Waals surface area contributed by atoms with Crippen molar-refractivity contribution < 1.29 is 27.1 Å². The Morgan fingerprint density at radius 2 is 1.54 bits per heavy atom. The average Bonchev–Trinajstić information content (AvgIpc) is 1.84. The molecule has 0 saturated carbocycles. The van der Waals surface area contributed by atoms with Crippen molar-refractivity contribution in [2.75, 3.05) is 0 Å². The molecule has 78 valence electrons. The summed E-state index contributed by atoms with van der Waals surface area (Å²) in [6.45, 7) is 3.04. The van der Waals surface area contributed by atoms with E-state index in [1.54, 1.807) is 0 Å². The largest absolute Gasteiger partial charge is 0.476 e. The molecule has 0 aliphatic heterocycles. The molecule has 7 heteroatoms. The van der Waals surface area contributed by atoms with Crippen LogP contribution in [0.1, 0.15) is 20.8 Å². The van der Waals surface area contributed by atoms with Crippen LogP contribution in [0.2, 0.25) is 0 Å². The molecule has 0 aromatic carbocycles. The van der Waals surface area contributed by atoms with Gasteiger partial charge in [-0.05, 0) is 20.8 Å². The third-order valence-electron chi connectivity index (χ3n) is 1.39. The van der Waals surface area contributed by atoms with Gasteiger partial charge in [-0.2, -0.15) is 8.78 Å². The highest BCUT2D eigenvalue weighted by atomic mass is 32.2. The van der Waals surface area contributed by atoms with Gasteiger partial charge in [-0.15, -0.1) is 0 Å². The van der Waals surface area contributed by atoms with Gasteiger partial charge in [0.2, 0.25) is 9.84 Å². The third kappa shape index (κ3) is 1.79. The fraction of sp³-hybridized carbons (Fsp3) is 0.833. The Morgan fingerprint density at radius 3 is 1.62 bits per heavy atom. The molecule has 0 rings (SSSR count). The lowest BCUT2D eigenvalue weighted by Crippen LogP contribution is -2.47. The summed E-state index contributed by atoms with van der Waals surface area (Å²) in [5, 5.41) is 3.28. The quantitative estimate of drug-likeness (QED) is 0.743. The van der Waals surface area contributed by atoms with Crippen LogP contribution in [0.25, 0.3) is 0 Å². The fourth-order valence-electron chi connectivity index (χ4n) is 0.499. The standard InChI is InChI=1S/C6H10F2O4S/c1-5(2,3)13(11,12)6(7,8)4(9)10/h1-3H3,(H,9,10). The van der Waals surface area contributed by atoms with E-state index < -0.39 is 25.8 Å². The third-order valence-corrected chi connectivity index (χ3v) is 3.85. The number of halogens is 2. The molecule has 0 saturated heterocycles. The Bertz CT molecular complexity index is 312. The van der Waals surface area contributed by atoms with Gasteiger partial charge in [0, 0.05) is 0 Å². The van der Waals surface area contributed by atoms with Crippen LogP contribution in [-0.2, 0) is 14.6 Å².